The summed E-state index contributed by atoms with van der Waals surface area (Å²) in [6.45, 7) is 1.79. The number of para-hydroxylation sites is 1. The second-order valence-corrected chi connectivity index (χ2v) is 5.43. The molecule has 0 heterocycles. The molecule has 0 aliphatic carbocycles. The molecule has 84 valence electrons. The van der Waals surface area contributed by atoms with Crippen molar-refractivity contribution in [1.82, 2.24) is 0 Å². The van der Waals surface area contributed by atoms with Crippen LogP contribution in [0.4, 0.5) is 0 Å². The number of rotatable bonds is 4. The van der Waals surface area contributed by atoms with E-state index in [9.17, 15) is 13.5 Å². The van der Waals surface area contributed by atoms with Crippen molar-refractivity contribution < 1.29 is 13.5 Å². The molecule has 0 aliphatic rings. The van der Waals surface area contributed by atoms with Gasteiger partial charge in [-0.3, -0.25) is 0 Å². The topological polar surface area (TPSA) is 80.4 Å². The Hall–Kier alpha value is -1.07. The largest absolute Gasteiger partial charge is 0.508 e. The summed E-state index contributed by atoms with van der Waals surface area (Å²) in [5.74, 6) is 0.0218. The van der Waals surface area contributed by atoms with E-state index in [1.807, 2.05) is 0 Å². The Kier molecular flexibility index (Phi) is 3.71. The summed E-state index contributed by atoms with van der Waals surface area (Å²) in [5.41, 5.74) is 0.744. The molecule has 1 unspecified atom stereocenters. The van der Waals surface area contributed by atoms with Crippen molar-refractivity contribution in [2.45, 2.75) is 13.3 Å². The molecule has 1 aromatic carbocycles. The lowest BCUT2D eigenvalue weighted by atomic mass is 10.0. The van der Waals surface area contributed by atoms with Crippen molar-refractivity contribution in [3.63, 3.8) is 0 Å². The molecule has 0 spiro atoms. The van der Waals surface area contributed by atoms with Crippen molar-refractivity contribution >= 4 is 10.0 Å². The van der Waals surface area contributed by atoms with Gasteiger partial charge in [0, 0.05) is 0 Å². The van der Waals surface area contributed by atoms with Gasteiger partial charge in [0.05, 0.1) is 5.75 Å². The van der Waals surface area contributed by atoms with E-state index in [0.29, 0.717) is 6.42 Å². The number of primary sulfonamides is 1. The molecule has 15 heavy (non-hydrogen) atoms. The van der Waals surface area contributed by atoms with Gasteiger partial charge in [-0.25, -0.2) is 13.6 Å². The van der Waals surface area contributed by atoms with E-state index in [1.165, 1.54) is 0 Å². The number of phenols is 1. The number of phenolic OH excluding ortho intramolecular Hbond substituents is 1. The average molecular weight is 229 g/mol. The molecule has 3 N–H and O–H groups in total. The van der Waals surface area contributed by atoms with Gasteiger partial charge in [-0.15, -0.1) is 0 Å². The summed E-state index contributed by atoms with van der Waals surface area (Å²) >= 11 is 0. The van der Waals surface area contributed by atoms with E-state index >= 15 is 0 Å². The first-order valence-corrected chi connectivity index (χ1v) is 6.37. The van der Waals surface area contributed by atoms with Crippen LogP contribution in [0.1, 0.15) is 12.5 Å². The second-order valence-electron chi connectivity index (χ2n) is 3.77. The summed E-state index contributed by atoms with van der Waals surface area (Å²) in [6.07, 6.45) is 0.503. The van der Waals surface area contributed by atoms with Crippen LogP contribution in [0.3, 0.4) is 0 Å². The molecule has 1 rings (SSSR count). The van der Waals surface area contributed by atoms with Gasteiger partial charge in [0.1, 0.15) is 5.75 Å². The van der Waals surface area contributed by atoms with Crippen molar-refractivity contribution in [3.05, 3.63) is 29.8 Å². The number of nitrogens with two attached hydrogens (primary N) is 1. The third kappa shape index (κ3) is 4.31. The molecule has 0 aromatic heterocycles. The van der Waals surface area contributed by atoms with Crippen LogP contribution >= 0.6 is 0 Å². The molecular weight excluding hydrogens is 214 g/mol. The predicted octanol–water partition coefficient (Wildman–Crippen LogP) is 0.859. The van der Waals surface area contributed by atoms with Crippen LogP contribution in [0.5, 0.6) is 5.75 Å². The average Bonchev–Trinajstić information content (AvgIpc) is 2.05. The molecule has 1 atom stereocenters. The Morgan fingerprint density at radius 1 is 1.40 bits per heavy atom. The van der Waals surface area contributed by atoms with E-state index in [-0.39, 0.29) is 17.4 Å². The normalized spacial score (nSPS) is 13.7. The van der Waals surface area contributed by atoms with Gasteiger partial charge in [0.25, 0.3) is 0 Å². The maximum Gasteiger partial charge on any atom is 0.209 e. The molecule has 0 radical (unpaired) electrons. The monoisotopic (exact) mass is 229 g/mol. The van der Waals surface area contributed by atoms with Gasteiger partial charge in [-0.2, -0.15) is 0 Å². The Labute approximate surface area is 89.8 Å². The zero-order chi connectivity index (χ0) is 11.5. The van der Waals surface area contributed by atoms with E-state index in [4.69, 9.17) is 5.14 Å². The molecule has 0 saturated heterocycles. The lowest BCUT2D eigenvalue weighted by Gasteiger charge is -2.10. The first kappa shape index (κ1) is 12.0. The first-order valence-electron chi connectivity index (χ1n) is 4.66. The Bertz CT molecular complexity index is 428. The van der Waals surface area contributed by atoms with Gasteiger partial charge < -0.3 is 5.11 Å². The zero-order valence-corrected chi connectivity index (χ0v) is 9.37. The molecule has 0 saturated carbocycles. The standard InChI is InChI=1S/C10H15NO3S/c1-8(7-15(11,13)14)6-9-4-2-3-5-10(9)12/h2-5,8,12H,6-7H2,1H3,(H2,11,13,14). The number of sulfonamides is 1. The third-order valence-corrected chi connectivity index (χ3v) is 3.11. The molecule has 1 aromatic rings. The van der Waals surface area contributed by atoms with E-state index < -0.39 is 10.0 Å². The molecule has 0 bridgehead atoms. The van der Waals surface area contributed by atoms with Crippen molar-refractivity contribution in [3.8, 4) is 5.75 Å². The highest BCUT2D eigenvalue weighted by molar-refractivity contribution is 7.89. The Morgan fingerprint density at radius 2 is 2.00 bits per heavy atom. The van der Waals surface area contributed by atoms with Crippen LogP contribution in [0.25, 0.3) is 0 Å². The minimum atomic E-state index is -3.44. The fraction of sp³-hybridized carbons (Fsp3) is 0.400. The molecule has 4 nitrogen and oxygen atoms in total. The highest BCUT2D eigenvalue weighted by Crippen LogP contribution is 2.19. The zero-order valence-electron chi connectivity index (χ0n) is 8.55. The lowest BCUT2D eigenvalue weighted by Crippen LogP contribution is -2.22. The summed E-state index contributed by atoms with van der Waals surface area (Å²) in [6, 6.07) is 6.88. The summed E-state index contributed by atoms with van der Waals surface area (Å²) in [7, 11) is -3.44. The second kappa shape index (κ2) is 4.63. The van der Waals surface area contributed by atoms with Crippen molar-refractivity contribution in [1.29, 1.82) is 0 Å². The lowest BCUT2D eigenvalue weighted by molar-refractivity contribution is 0.462. The molecule has 0 fully saturated rings. The maximum absolute atomic E-state index is 10.8. The fourth-order valence-electron chi connectivity index (χ4n) is 1.51. The summed E-state index contributed by atoms with van der Waals surface area (Å²) < 4.78 is 21.7. The number of hydrogen-bond acceptors (Lipinski definition) is 3. The Balaban J connectivity index is 2.67. The SMILES string of the molecule is CC(Cc1ccccc1O)CS(N)(=O)=O. The predicted molar refractivity (Wildman–Crippen MR) is 58.9 cm³/mol. The number of benzene rings is 1. The summed E-state index contributed by atoms with van der Waals surface area (Å²) in [4.78, 5) is 0. The molecular formula is C10H15NO3S. The molecule has 0 amide bonds. The minimum Gasteiger partial charge on any atom is -0.508 e. The third-order valence-electron chi connectivity index (χ3n) is 2.08. The number of hydrogen-bond donors (Lipinski definition) is 2. The van der Waals surface area contributed by atoms with Crippen LogP contribution in [-0.4, -0.2) is 19.3 Å². The van der Waals surface area contributed by atoms with Gasteiger partial charge in [-0.05, 0) is 24.0 Å². The highest BCUT2D eigenvalue weighted by Gasteiger charge is 2.13. The van der Waals surface area contributed by atoms with Crippen molar-refractivity contribution in [2.75, 3.05) is 5.75 Å². The number of aromatic hydroxyl groups is 1. The highest BCUT2D eigenvalue weighted by atomic mass is 32.2. The Morgan fingerprint density at radius 3 is 2.53 bits per heavy atom. The van der Waals surface area contributed by atoms with E-state index in [2.05, 4.69) is 0 Å². The van der Waals surface area contributed by atoms with Crippen LogP contribution in [0, 0.1) is 5.92 Å². The summed E-state index contributed by atoms with van der Waals surface area (Å²) in [5, 5.41) is 14.4. The quantitative estimate of drug-likeness (QED) is 0.803. The first-order chi connectivity index (χ1) is 6.88. The van der Waals surface area contributed by atoms with Crippen LogP contribution in [0.15, 0.2) is 24.3 Å². The molecule has 5 heteroatoms. The van der Waals surface area contributed by atoms with Gasteiger partial charge >= 0.3 is 0 Å². The van der Waals surface area contributed by atoms with Crippen LogP contribution < -0.4 is 5.14 Å². The van der Waals surface area contributed by atoms with E-state index in [1.54, 1.807) is 31.2 Å². The van der Waals surface area contributed by atoms with Gasteiger partial charge in [-0.1, -0.05) is 25.1 Å². The van der Waals surface area contributed by atoms with Crippen LogP contribution in [-0.2, 0) is 16.4 Å². The smallest absolute Gasteiger partial charge is 0.209 e. The molecule has 0 aliphatic heterocycles. The fourth-order valence-corrected chi connectivity index (χ4v) is 2.43. The van der Waals surface area contributed by atoms with Crippen LogP contribution in [0.2, 0.25) is 0 Å². The maximum atomic E-state index is 10.8. The van der Waals surface area contributed by atoms with Crippen molar-refractivity contribution in [2.24, 2.45) is 11.1 Å². The van der Waals surface area contributed by atoms with Gasteiger partial charge in [0.15, 0.2) is 0 Å². The van der Waals surface area contributed by atoms with Gasteiger partial charge in [0.2, 0.25) is 10.0 Å². The van der Waals surface area contributed by atoms with E-state index in [0.717, 1.165) is 5.56 Å². The minimum absolute atomic E-state index is 0.0681.